The fraction of sp³-hybridized carbons (Fsp3) is 0.769. The third-order valence-corrected chi connectivity index (χ3v) is 4.52. The molecule has 3 unspecified atom stereocenters. The van der Waals surface area contributed by atoms with Crippen LogP contribution in [0.15, 0.2) is 10.9 Å². The van der Waals surface area contributed by atoms with Crippen molar-refractivity contribution in [3.63, 3.8) is 0 Å². The van der Waals surface area contributed by atoms with Crippen LogP contribution >= 0.6 is 0 Å². The summed E-state index contributed by atoms with van der Waals surface area (Å²) in [5.74, 6) is 0.487. The maximum atomic E-state index is 11.5. The van der Waals surface area contributed by atoms with Gasteiger partial charge in [0.1, 0.15) is 6.04 Å². The second kappa shape index (κ2) is 5.28. The second-order valence-corrected chi connectivity index (χ2v) is 5.56. The van der Waals surface area contributed by atoms with Crippen molar-refractivity contribution in [1.82, 2.24) is 15.0 Å². The van der Waals surface area contributed by atoms with E-state index in [9.17, 15) is 9.90 Å². The van der Waals surface area contributed by atoms with Crippen molar-refractivity contribution in [2.45, 2.75) is 57.2 Å². The molecule has 1 N–H and O–H groups in total. The van der Waals surface area contributed by atoms with Gasteiger partial charge in [0.25, 0.3) is 0 Å². The summed E-state index contributed by atoms with van der Waals surface area (Å²) in [6, 6.07) is -0.0417. The number of hydrogen-bond donors (Lipinski definition) is 1. The third-order valence-electron chi connectivity index (χ3n) is 4.52. The Kier molecular flexibility index (Phi) is 3.50. The van der Waals surface area contributed by atoms with E-state index in [1.807, 2.05) is 0 Å². The fourth-order valence-electron chi connectivity index (χ4n) is 3.65. The number of carboxylic acids is 1. The normalized spacial score (nSPS) is 31.9. The summed E-state index contributed by atoms with van der Waals surface area (Å²) in [6.07, 6.45) is 7.84. The molecule has 6 nitrogen and oxygen atoms in total. The molecule has 2 heterocycles. The van der Waals surface area contributed by atoms with Gasteiger partial charge in [-0.05, 0) is 31.6 Å². The molecule has 19 heavy (non-hydrogen) atoms. The molecule has 1 saturated heterocycles. The number of aliphatic carboxylic acids is 1. The summed E-state index contributed by atoms with van der Waals surface area (Å²) in [7, 11) is 0. The topological polar surface area (TPSA) is 79.5 Å². The van der Waals surface area contributed by atoms with Gasteiger partial charge in [0.15, 0.2) is 5.82 Å². The van der Waals surface area contributed by atoms with Crippen molar-refractivity contribution in [2.24, 2.45) is 5.92 Å². The van der Waals surface area contributed by atoms with Gasteiger partial charge >= 0.3 is 5.97 Å². The Morgan fingerprint density at radius 1 is 1.37 bits per heavy atom. The van der Waals surface area contributed by atoms with Crippen LogP contribution in [0.25, 0.3) is 0 Å². The van der Waals surface area contributed by atoms with Gasteiger partial charge in [0.05, 0.1) is 6.54 Å². The molecule has 0 radical (unpaired) electrons. The first-order valence-electron chi connectivity index (χ1n) is 6.99. The van der Waals surface area contributed by atoms with Crippen molar-refractivity contribution in [3.05, 3.63) is 12.2 Å². The summed E-state index contributed by atoms with van der Waals surface area (Å²) in [5, 5.41) is 13.2. The first kappa shape index (κ1) is 12.6. The average Bonchev–Trinajstić information content (AvgIpc) is 2.92. The zero-order valence-electron chi connectivity index (χ0n) is 10.9. The number of piperidine rings is 1. The minimum absolute atomic E-state index is 0.363. The molecule has 1 aliphatic carbocycles. The van der Waals surface area contributed by atoms with E-state index in [1.54, 1.807) is 0 Å². The molecule has 3 rings (SSSR count). The lowest BCUT2D eigenvalue weighted by Crippen LogP contribution is -2.54. The molecule has 6 heteroatoms. The van der Waals surface area contributed by atoms with Gasteiger partial charge < -0.3 is 9.63 Å². The number of likely N-dealkylation sites (tertiary alicyclic amines) is 1. The molecule has 1 aromatic rings. The molecule has 3 atom stereocenters. The molecular formula is C13H19N3O3. The Morgan fingerprint density at radius 3 is 2.95 bits per heavy atom. The SMILES string of the molecule is O=C(O)C1CCC2CCCCC2N1Cc1ncon1. The van der Waals surface area contributed by atoms with Crippen molar-refractivity contribution in [1.29, 1.82) is 0 Å². The number of carbonyl (C=O) groups is 1. The highest BCUT2D eigenvalue weighted by Gasteiger charge is 2.41. The lowest BCUT2D eigenvalue weighted by Gasteiger charge is -2.46. The number of rotatable bonds is 3. The molecule has 1 saturated carbocycles. The number of fused-ring (bicyclic) bond motifs is 1. The monoisotopic (exact) mass is 265 g/mol. The Morgan fingerprint density at radius 2 is 2.21 bits per heavy atom. The van der Waals surface area contributed by atoms with Gasteiger partial charge in [-0.15, -0.1) is 0 Å². The predicted molar refractivity (Wildman–Crippen MR) is 66.2 cm³/mol. The lowest BCUT2D eigenvalue weighted by atomic mass is 9.76. The number of carboxylic acid groups (broad SMARTS) is 1. The highest BCUT2D eigenvalue weighted by Crippen LogP contribution is 2.38. The van der Waals surface area contributed by atoms with E-state index in [2.05, 4.69) is 15.0 Å². The molecule has 0 spiro atoms. The van der Waals surface area contributed by atoms with Gasteiger partial charge in [0.2, 0.25) is 6.39 Å². The van der Waals surface area contributed by atoms with Crippen LogP contribution in [-0.2, 0) is 11.3 Å². The second-order valence-electron chi connectivity index (χ2n) is 5.56. The number of hydrogen-bond acceptors (Lipinski definition) is 5. The Labute approximate surface area is 111 Å². The van der Waals surface area contributed by atoms with E-state index >= 15 is 0 Å². The quantitative estimate of drug-likeness (QED) is 0.895. The molecule has 1 aromatic heterocycles. The van der Waals surface area contributed by atoms with Gasteiger partial charge in [0, 0.05) is 6.04 Å². The minimum Gasteiger partial charge on any atom is -0.480 e. The molecule has 1 aliphatic heterocycles. The molecule has 2 aliphatic rings. The molecular weight excluding hydrogens is 246 g/mol. The van der Waals surface area contributed by atoms with Crippen LogP contribution in [0.3, 0.4) is 0 Å². The molecule has 0 aromatic carbocycles. The average molecular weight is 265 g/mol. The summed E-state index contributed by atoms with van der Waals surface area (Å²) in [4.78, 5) is 17.6. The van der Waals surface area contributed by atoms with Crippen LogP contribution in [0.1, 0.15) is 44.3 Å². The molecule has 0 bridgehead atoms. The van der Waals surface area contributed by atoms with Crippen LogP contribution in [0.5, 0.6) is 0 Å². The van der Waals surface area contributed by atoms with Crippen LogP contribution in [-0.4, -0.2) is 38.2 Å². The predicted octanol–water partition coefficient (Wildman–Crippen LogP) is 1.68. The van der Waals surface area contributed by atoms with Crippen LogP contribution in [0, 0.1) is 5.92 Å². The standard InChI is InChI=1S/C13H19N3O3/c17-13(18)11-6-5-9-3-1-2-4-10(9)16(11)7-12-14-8-19-15-12/h8-11H,1-7H2,(H,17,18). The van der Waals surface area contributed by atoms with Crippen LogP contribution in [0.2, 0.25) is 0 Å². The maximum Gasteiger partial charge on any atom is 0.320 e. The molecule has 0 amide bonds. The zero-order chi connectivity index (χ0) is 13.2. The largest absolute Gasteiger partial charge is 0.480 e. The van der Waals surface area contributed by atoms with E-state index in [4.69, 9.17) is 4.52 Å². The van der Waals surface area contributed by atoms with E-state index in [1.165, 1.54) is 25.7 Å². The van der Waals surface area contributed by atoms with Crippen molar-refractivity contribution >= 4 is 5.97 Å². The highest BCUT2D eigenvalue weighted by molar-refractivity contribution is 5.73. The van der Waals surface area contributed by atoms with Crippen LogP contribution in [0.4, 0.5) is 0 Å². The van der Waals surface area contributed by atoms with E-state index < -0.39 is 12.0 Å². The summed E-state index contributed by atoms with van der Waals surface area (Å²) >= 11 is 0. The van der Waals surface area contributed by atoms with Crippen molar-refractivity contribution in [3.8, 4) is 0 Å². The van der Waals surface area contributed by atoms with Crippen LogP contribution < -0.4 is 0 Å². The Bertz CT molecular complexity index is 434. The molecule has 2 fully saturated rings. The minimum atomic E-state index is -0.729. The zero-order valence-corrected chi connectivity index (χ0v) is 10.9. The lowest BCUT2D eigenvalue weighted by molar-refractivity contribution is -0.148. The first-order valence-corrected chi connectivity index (χ1v) is 6.99. The van der Waals surface area contributed by atoms with E-state index in [-0.39, 0.29) is 0 Å². The number of nitrogens with zero attached hydrogens (tertiary/aromatic N) is 3. The smallest absolute Gasteiger partial charge is 0.320 e. The fourth-order valence-corrected chi connectivity index (χ4v) is 3.65. The third kappa shape index (κ3) is 2.49. The van der Waals surface area contributed by atoms with Crippen molar-refractivity contribution in [2.75, 3.05) is 0 Å². The van der Waals surface area contributed by atoms with Gasteiger partial charge in [-0.25, -0.2) is 0 Å². The summed E-state index contributed by atoms with van der Waals surface area (Å²) < 4.78 is 4.75. The van der Waals surface area contributed by atoms with Gasteiger partial charge in [-0.3, -0.25) is 9.69 Å². The van der Waals surface area contributed by atoms with E-state index in [0.717, 1.165) is 19.3 Å². The maximum absolute atomic E-state index is 11.5. The first-order chi connectivity index (χ1) is 9.25. The van der Waals surface area contributed by atoms with Gasteiger partial charge in [-0.2, -0.15) is 4.98 Å². The summed E-state index contributed by atoms with van der Waals surface area (Å²) in [5.41, 5.74) is 0. The summed E-state index contributed by atoms with van der Waals surface area (Å²) in [6.45, 7) is 0.481. The van der Waals surface area contributed by atoms with E-state index in [0.29, 0.717) is 24.3 Å². The number of aromatic nitrogens is 2. The van der Waals surface area contributed by atoms with Crippen molar-refractivity contribution < 1.29 is 14.4 Å². The Balaban J connectivity index is 1.81. The highest BCUT2D eigenvalue weighted by atomic mass is 16.5. The molecule has 104 valence electrons. The Hall–Kier alpha value is -1.43. The van der Waals surface area contributed by atoms with Gasteiger partial charge in [-0.1, -0.05) is 18.0 Å².